The third-order valence-electron chi connectivity index (χ3n) is 19.5. The van der Waals surface area contributed by atoms with Crippen molar-refractivity contribution >= 4 is 62.4 Å². The number of rotatable bonds is 2. The van der Waals surface area contributed by atoms with Gasteiger partial charge in [-0.3, -0.25) is 0 Å². The zero-order valence-corrected chi connectivity index (χ0v) is 44.1. The van der Waals surface area contributed by atoms with Crippen LogP contribution < -0.4 is 26.2 Å². The summed E-state index contributed by atoms with van der Waals surface area (Å²) in [6, 6.07) is 44.5. The van der Waals surface area contributed by atoms with Crippen molar-refractivity contribution in [3.63, 3.8) is 0 Å². The molecule has 6 aromatic carbocycles. The van der Waals surface area contributed by atoms with Gasteiger partial charge in [0.1, 0.15) is 0 Å². The van der Waals surface area contributed by atoms with Crippen LogP contribution in [0.4, 0.5) is 28.4 Å². The third kappa shape index (κ3) is 5.53. The van der Waals surface area contributed by atoms with E-state index in [9.17, 15) is 0 Å². The van der Waals surface area contributed by atoms with Crippen LogP contribution in [0.15, 0.2) is 109 Å². The fraction of sp³-hybridized carbons (Fsp3) is 0.415. The molecule has 4 heterocycles. The Bertz CT molecular complexity index is 3400. The number of hydrogen-bond acceptors (Lipinski definition) is 2. The molecular formula is C65H72BN3. The molecule has 0 spiro atoms. The van der Waals surface area contributed by atoms with Gasteiger partial charge < -0.3 is 14.4 Å². The van der Waals surface area contributed by atoms with Crippen LogP contribution in [0.1, 0.15) is 175 Å². The second kappa shape index (κ2) is 13.5. The zero-order valence-electron chi connectivity index (χ0n) is 44.1. The number of fused-ring (bicyclic) bond motifs is 13. The SMILES string of the molecule is CC(C)(C)c1cc2c3c(c1)-n1c4c(c5cccc(c51)B3c1ccc(N3c5ccc(C(C)(C)C)cc5C5(C)CCCCC35C)cc1N2c1ccc2c(c1)C(C)(C)CCC2(C)C)-c1ccccc1C4(C)C. The number of nitrogens with zero attached hydrogens (tertiary/aromatic N) is 3. The van der Waals surface area contributed by atoms with Crippen LogP contribution in [-0.2, 0) is 32.5 Å². The molecule has 7 aromatic rings. The number of anilines is 5. The van der Waals surface area contributed by atoms with E-state index in [1.165, 1.54) is 150 Å². The molecule has 0 radical (unpaired) electrons. The van der Waals surface area contributed by atoms with Crippen molar-refractivity contribution < 1.29 is 0 Å². The lowest BCUT2D eigenvalue weighted by Gasteiger charge is -2.50. The minimum atomic E-state index is -0.179. The molecule has 3 aliphatic heterocycles. The lowest BCUT2D eigenvalue weighted by molar-refractivity contribution is 0.195. The monoisotopic (exact) mass is 906 g/mol. The van der Waals surface area contributed by atoms with Gasteiger partial charge in [0, 0.05) is 67.1 Å². The lowest BCUT2D eigenvalue weighted by atomic mass is 9.33. The highest BCUT2D eigenvalue weighted by molar-refractivity contribution is 7.00. The van der Waals surface area contributed by atoms with Crippen molar-refractivity contribution in [2.75, 3.05) is 9.80 Å². The molecule has 1 saturated carbocycles. The molecule has 350 valence electrons. The summed E-state index contributed by atoms with van der Waals surface area (Å²) in [6.45, 7) is 34.4. The first-order valence-corrected chi connectivity index (χ1v) is 26.5. The van der Waals surface area contributed by atoms with E-state index in [1.54, 1.807) is 0 Å². The molecule has 0 N–H and O–H groups in total. The Morgan fingerprint density at radius 1 is 0.507 bits per heavy atom. The highest BCUT2D eigenvalue weighted by Gasteiger charge is 2.58. The fourth-order valence-electron chi connectivity index (χ4n) is 15.1. The van der Waals surface area contributed by atoms with E-state index in [1.807, 2.05) is 0 Å². The molecule has 69 heavy (non-hydrogen) atoms. The number of aromatic nitrogens is 1. The van der Waals surface area contributed by atoms with Crippen molar-refractivity contribution in [2.45, 2.75) is 173 Å². The summed E-state index contributed by atoms with van der Waals surface area (Å²) < 4.78 is 2.75. The minimum Gasteiger partial charge on any atom is -0.334 e. The second-order valence-corrected chi connectivity index (χ2v) is 26.8. The summed E-state index contributed by atoms with van der Waals surface area (Å²) in [7, 11) is 0. The maximum absolute atomic E-state index is 2.81. The van der Waals surface area contributed by atoms with Gasteiger partial charge in [-0.15, -0.1) is 0 Å². The van der Waals surface area contributed by atoms with Gasteiger partial charge in [-0.1, -0.05) is 170 Å². The molecule has 13 rings (SSSR count). The molecule has 1 fully saturated rings. The maximum Gasteiger partial charge on any atom is 0.252 e. The average molecular weight is 906 g/mol. The molecule has 2 unspecified atom stereocenters. The highest BCUT2D eigenvalue weighted by atomic mass is 15.3. The summed E-state index contributed by atoms with van der Waals surface area (Å²) in [4.78, 5) is 5.55. The van der Waals surface area contributed by atoms with Gasteiger partial charge in [-0.05, 0) is 152 Å². The van der Waals surface area contributed by atoms with Crippen LogP contribution >= 0.6 is 0 Å². The Kier molecular flexibility index (Phi) is 8.50. The Balaban J connectivity index is 1.13. The van der Waals surface area contributed by atoms with Gasteiger partial charge in [0.15, 0.2) is 0 Å². The van der Waals surface area contributed by atoms with E-state index in [0.29, 0.717) is 0 Å². The first kappa shape index (κ1) is 43.5. The molecule has 0 saturated heterocycles. The van der Waals surface area contributed by atoms with Gasteiger partial charge in [-0.2, -0.15) is 0 Å². The predicted octanol–water partition coefficient (Wildman–Crippen LogP) is 15.2. The molecule has 6 aliphatic rings. The van der Waals surface area contributed by atoms with E-state index >= 15 is 0 Å². The quantitative estimate of drug-likeness (QED) is 0.160. The standard InChI is InChI=1S/C65H72BN3/c1-59(2,3)39-24-29-51-48(34-39)64(13)30-17-18-31-65(64,14)69(51)42-26-28-49-52(38-42)67(41-25-27-46-47(37-41)62(9,10)33-32-61(46,7)8)53-35-40(60(4,5)6)36-54-56(53)66(49)50-23-19-21-44-55-43-20-15-16-22-45(43)63(11,12)58(55)68(54)57(44)50/h15-16,19-29,34-38H,17-18,30-33H2,1-14H3. The van der Waals surface area contributed by atoms with Gasteiger partial charge >= 0.3 is 0 Å². The van der Waals surface area contributed by atoms with Gasteiger partial charge in [0.2, 0.25) is 0 Å². The Hall–Kier alpha value is -5.48. The Morgan fingerprint density at radius 2 is 1.20 bits per heavy atom. The van der Waals surface area contributed by atoms with E-state index < -0.39 is 0 Å². The summed E-state index contributed by atoms with van der Waals surface area (Å²) in [6.07, 6.45) is 7.30. The molecule has 2 atom stereocenters. The number of para-hydroxylation sites is 1. The topological polar surface area (TPSA) is 11.4 Å². The third-order valence-corrected chi connectivity index (χ3v) is 19.5. The summed E-state index contributed by atoms with van der Waals surface area (Å²) >= 11 is 0. The van der Waals surface area contributed by atoms with Gasteiger partial charge in [-0.25, -0.2) is 0 Å². The zero-order chi connectivity index (χ0) is 48.3. The fourth-order valence-corrected chi connectivity index (χ4v) is 15.1. The molecule has 3 aliphatic carbocycles. The average Bonchev–Trinajstić information content (AvgIpc) is 3.85. The van der Waals surface area contributed by atoms with Crippen molar-refractivity contribution in [3.8, 4) is 16.8 Å². The molecule has 1 aromatic heterocycles. The van der Waals surface area contributed by atoms with Crippen LogP contribution in [-0.4, -0.2) is 16.8 Å². The predicted molar refractivity (Wildman–Crippen MR) is 296 cm³/mol. The van der Waals surface area contributed by atoms with Gasteiger partial charge in [0.05, 0.1) is 5.54 Å². The van der Waals surface area contributed by atoms with E-state index in [2.05, 4.69) is 220 Å². The van der Waals surface area contributed by atoms with Crippen molar-refractivity contribution in [1.82, 2.24) is 4.57 Å². The lowest BCUT2D eigenvalue weighted by Crippen LogP contribution is -2.61. The van der Waals surface area contributed by atoms with Crippen LogP contribution in [0.2, 0.25) is 0 Å². The van der Waals surface area contributed by atoms with E-state index in [-0.39, 0.29) is 44.7 Å². The van der Waals surface area contributed by atoms with Crippen LogP contribution in [0.5, 0.6) is 0 Å². The van der Waals surface area contributed by atoms with Gasteiger partial charge in [0.25, 0.3) is 6.71 Å². The van der Waals surface area contributed by atoms with Crippen LogP contribution in [0, 0.1) is 0 Å². The first-order chi connectivity index (χ1) is 32.5. The minimum absolute atomic E-state index is 0.0363. The smallest absolute Gasteiger partial charge is 0.252 e. The molecule has 4 heteroatoms. The maximum atomic E-state index is 2.81. The number of benzene rings is 6. The summed E-state index contributed by atoms with van der Waals surface area (Å²) in [5.41, 5.74) is 26.5. The van der Waals surface area contributed by atoms with E-state index in [0.717, 1.165) is 0 Å². The summed E-state index contributed by atoms with van der Waals surface area (Å²) in [5, 5.41) is 1.38. The molecule has 3 nitrogen and oxygen atoms in total. The highest BCUT2D eigenvalue weighted by Crippen LogP contribution is 2.62. The molecule has 0 amide bonds. The molecule has 0 bridgehead atoms. The van der Waals surface area contributed by atoms with Crippen molar-refractivity contribution in [3.05, 3.63) is 148 Å². The van der Waals surface area contributed by atoms with E-state index in [4.69, 9.17) is 0 Å². The Morgan fingerprint density at radius 3 is 1.96 bits per heavy atom. The summed E-state index contributed by atoms with van der Waals surface area (Å²) in [5.74, 6) is 0. The second-order valence-electron chi connectivity index (χ2n) is 26.8. The van der Waals surface area contributed by atoms with Crippen molar-refractivity contribution in [1.29, 1.82) is 0 Å². The molecular weight excluding hydrogens is 834 g/mol. The van der Waals surface area contributed by atoms with Crippen molar-refractivity contribution in [2.24, 2.45) is 0 Å². The Labute approximate surface area is 413 Å². The van der Waals surface area contributed by atoms with Crippen LogP contribution in [0.25, 0.3) is 27.7 Å². The first-order valence-electron chi connectivity index (χ1n) is 26.5. The van der Waals surface area contributed by atoms with Crippen LogP contribution in [0.3, 0.4) is 0 Å². The largest absolute Gasteiger partial charge is 0.334 e. The number of hydrogen-bond donors (Lipinski definition) is 0. The normalized spacial score (nSPS) is 23.0.